The minimum Gasteiger partial charge on any atom is -0.440 e. The van der Waals surface area contributed by atoms with Crippen molar-refractivity contribution in [2.24, 2.45) is 0 Å². The number of oxazole rings is 1. The Labute approximate surface area is 159 Å². The molecule has 26 heavy (non-hydrogen) atoms. The second-order valence-electron chi connectivity index (χ2n) is 7.00. The van der Waals surface area contributed by atoms with Crippen LogP contribution in [0.25, 0.3) is 11.3 Å². The Hall–Kier alpha value is -2.01. The van der Waals surface area contributed by atoms with Crippen molar-refractivity contribution in [3.63, 3.8) is 0 Å². The van der Waals surface area contributed by atoms with Crippen molar-refractivity contribution >= 4 is 11.8 Å². The molecular weight excluding hydrogens is 342 g/mol. The van der Waals surface area contributed by atoms with Crippen molar-refractivity contribution in [2.75, 3.05) is 0 Å². The summed E-state index contributed by atoms with van der Waals surface area (Å²) in [5.74, 6) is 2.28. The normalized spacial score (nSPS) is 15.5. The maximum atomic E-state index is 5.94. The fourth-order valence-corrected chi connectivity index (χ4v) is 4.72. The highest BCUT2D eigenvalue weighted by Gasteiger charge is 2.22. The molecule has 0 N–H and O–H groups in total. The first kappa shape index (κ1) is 17.4. The monoisotopic (exact) mass is 367 g/mol. The molecule has 0 atom stereocenters. The summed E-state index contributed by atoms with van der Waals surface area (Å²) in [4.78, 5) is 9.28. The van der Waals surface area contributed by atoms with E-state index in [1.54, 1.807) is 11.8 Å². The second kappa shape index (κ2) is 7.70. The molecule has 0 aliphatic heterocycles. The molecule has 2 aromatic heterocycles. The van der Waals surface area contributed by atoms with Gasteiger partial charge >= 0.3 is 0 Å². The van der Waals surface area contributed by atoms with Gasteiger partial charge < -0.3 is 8.98 Å². The van der Waals surface area contributed by atoms with Crippen LogP contribution in [-0.2, 0) is 5.75 Å². The van der Waals surface area contributed by atoms with E-state index in [2.05, 4.69) is 23.4 Å². The topological polar surface area (TPSA) is 43.9 Å². The van der Waals surface area contributed by atoms with Gasteiger partial charge in [-0.2, -0.15) is 0 Å². The lowest BCUT2D eigenvalue weighted by Gasteiger charge is -2.25. The summed E-state index contributed by atoms with van der Waals surface area (Å²) in [5, 5.41) is 1.10. The van der Waals surface area contributed by atoms with Gasteiger partial charge in [-0.15, -0.1) is 0 Å². The van der Waals surface area contributed by atoms with E-state index >= 15 is 0 Å². The number of hydrogen-bond acceptors (Lipinski definition) is 4. The van der Waals surface area contributed by atoms with Gasteiger partial charge in [0.25, 0.3) is 0 Å². The molecule has 0 spiro atoms. The average Bonchev–Trinajstić information content (AvgIpc) is 3.26. The van der Waals surface area contributed by atoms with E-state index in [9.17, 15) is 0 Å². The number of nitrogens with zero attached hydrogens (tertiary/aromatic N) is 3. The van der Waals surface area contributed by atoms with Gasteiger partial charge in [-0.25, -0.2) is 9.97 Å². The number of aryl methyl sites for hydroxylation is 1. The SMILES string of the molecule is Cc1nc(SCc2ncc(-c3ccccc3)o2)n(C2CCCCC2)c1C. The first-order valence-electron chi connectivity index (χ1n) is 9.40. The van der Waals surface area contributed by atoms with Gasteiger partial charge in [0.15, 0.2) is 10.9 Å². The van der Waals surface area contributed by atoms with E-state index in [0.717, 1.165) is 28.1 Å². The molecule has 0 amide bonds. The summed E-state index contributed by atoms with van der Waals surface area (Å²) in [5.41, 5.74) is 3.50. The summed E-state index contributed by atoms with van der Waals surface area (Å²) < 4.78 is 8.40. The third-order valence-corrected chi connectivity index (χ3v) is 6.17. The largest absolute Gasteiger partial charge is 0.440 e. The van der Waals surface area contributed by atoms with Crippen LogP contribution in [0.1, 0.15) is 55.4 Å². The lowest BCUT2D eigenvalue weighted by molar-refractivity contribution is 0.332. The van der Waals surface area contributed by atoms with E-state index in [4.69, 9.17) is 9.40 Å². The number of benzene rings is 1. The van der Waals surface area contributed by atoms with Gasteiger partial charge in [-0.3, -0.25) is 0 Å². The molecule has 0 radical (unpaired) electrons. The Morgan fingerprint density at radius 3 is 2.65 bits per heavy atom. The summed E-state index contributed by atoms with van der Waals surface area (Å²) >= 11 is 1.73. The van der Waals surface area contributed by atoms with Crippen molar-refractivity contribution < 1.29 is 4.42 Å². The maximum absolute atomic E-state index is 5.94. The Balaban J connectivity index is 1.50. The van der Waals surface area contributed by atoms with Crippen molar-refractivity contribution in [1.82, 2.24) is 14.5 Å². The Bertz CT molecular complexity index is 863. The Morgan fingerprint density at radius 2 is 1.88 bits per heavy atom. The van der Waals surface area contributed by atoms with Crippen LogP contribution in [0, 0.1) is 13.8 Å². The number of hydrogen-bond donors (Lipinski definition) is 0. The van der Waals surface area contributed by atoms with E-state index in [1.165, 1.54) is 37.8 Å². The molecule has 0 bridgehead atoms. The number of thioether (sulfide) groups is 1. The molecule has 1 aromatic carbocycles. The van der Waals surface area contributed by atoms with E-state index in [0.29, 0.717) is 11.8 Å². The van der Waals surface area contributed by atoms with Gasteiger partial charge in [0.1, 0.15) is 0 Å². The highest BCUT2D eigenvalue weighted by Crippen LogP contribution is 2.35. The minimum absolute atomic E-state index is 0.594. The van der Waals surface area contributed by atoms with Crippen LogP contribution in [0.15, 0.2) is 46.1 Å². The first-order chi connectivity index (χ1) is 12.7. The third kappa shape index (κ3) is 3.58. The minimum atomic E-state index is 0.594. The van der Waals surface area contributed by atoms with Gasteiger partial charge in [0, 0.05) is 17.3 Å². The van der Waals surface area contributed by atoms with Gasteiger partial charge in [0.05, 0.1) is 17.6 Å². The van der Waals surface area contributed by atoms with Crippen molar-refractivity contribution in [2.45, 2.75) is 62.9 Å². The molecule has 4 nitrogen and oxygen atoms in total. The Morgan fingerprint density at radius 1 is 1.12 bits per heavy atom. The van der Waals surface area contributed by atoms with Crippen molar-refractivity contribution in [1.29, 1.82) is 0 Å². The highest BCUT2D eigenvalue weighted by molar-refractivity contribution is 7.98. The van der Waals surface area contributed by atoms with Gasteiger partial charge in [0.2, 0.25) is 5.89 Å². The van der Waals surface area contributed by atoms with Crippen molar-refractivity contribution in [3.05, 3.63) is 53.8 Å². The van der Waals surface area contributed by atoms with Gasteiger partial charge in [-0.1, -0.05) is 61.4 Å². The first-order valence-corrected chi connectivity index (χ1v) is 10.4. The zero-order valence-corrected chi connectivity index (χ0v) is 16.3. The quantitative estimate of drug-likeness (QED) is 0.522. The van der Waals surface area contributed by atoms with Crippen molar-refractivity contribution in [3.8, 4) is 11.3 Å². The molecule has 136 valence electrons. The van der Waals surface area contributed by atoms with Crippen LogP contribution in [-0.4, -0.2) is 14.5 Å². The third-order valence-electron chi connectivity index (χ3n) is 5.23. The average molecular weight is 368 g/mol. The lowest BCUT2D eigenvalue weighted by atomic mass is 9.95. The predicted molar refractivity (Wildman–Crippen MR) is 105 cm³/mol. The number of aromatic nitrogens is 3. The molecular formula is C21H25N3OS. The number of imidazole rings is 1. The summed E-state index contributed by atoms with van der Waals surface area (Å²) in [6.45, 7) is 4.30. The highest BCUT2D eigenvalue weighted by atomic mass is 32.2. The molecule has 0 unspecified atom stereocenters. The fourth-order valence-electron chi connectivity index (χ4n) is 3.71. The van der Waals surface area contributed by atoms with Crippen LogP contribution in [0.3, 0.4) is 0 Å². The predicted octanol–water partition coefficient (Wildman–Crippen LogP) is 5.95. The van der Waals surface area contributed by atoms with E-state index < -0.39 is 0 Å². The van der Waals surface area contributed by atoms with Crippen LogP contribution < -0.4 is 0 Å². The molecule has 5 heteroatoms. The Kier molecular flexibility index (Phi) is 5.16. The lowest BCUT2D eigenvalue weighted by Crippen LogP contribution is -2.15. The van der Waals surface area contributed by atoms with Crippen LogP contribution in [0.4, 0.5) is 0 Å². The molecule has 1 fully saturated rings. The smallest absolute Gasteiger partial charge is 0.205 e. The molecule has 3 aromatic rings. The molecule has 1 aliphatic carbocycles. The maximum Gasteiger partial charge on any atom is 0.205 e. The number of rotatable bonds is 5. The van der Waals surface area contributed by atoms with E-state index in [-0.39, 0.29) is 0 Å². The molecule has 2 heterocycles. The molecule has 4 rings (SSSR count). The fraction of sp³-hybridized carbons (Fsp3) is 0.429. The second-order valence-corrected chi connectivity index (χ2v) is 7.94. The molecule has 1 aliphatic rings. The standard InChI is InChI=1S/C21H25N3OS/c1-15-16(2)24(18-11-7-4-8-12-18)21(23-15)26-14-20-22-13-19(25-20)17-9-5-3-6-10-17/h3,5-6,9-10,13,18H,4,7-8,11-12,14H2,1-2H3. The summed E-state index contributed by atoms with van der Waals surface area (Å²) in [7, 11) is 0. The zero-order chi connectivity index (χ0) is 17.9. The van der Waals surface area contributed by atoms with Gasteiger partial charge in [-0.05, 0) is 26.7 Å². The van der Waals surface area contributed by atoms with Crippen LogP contribution in [0.2, 0.25) is 0 Å². The van der Waals surface area contributed by atoms with Crippen LogP contribution in [0.5, 0.6) is 0 Å². The van der Waals surface area contributed by atoms with Crippen LogP contribution >= 0.6 is 11.8 Å². The van der Waals surface area contributed by atoms with E-state index in [1.807, 2.05) is 36.5 Å². The summed E-state index contributed by atoms with van der Waals surface area (Å²) in [6, 6.07) is 10.7. The summed E-state index contributed by atoms with van der Waals surface area (Å²) in [6.07, 6.45) is 8.36. The molecule has 0 saturated heterocycles. The zero-order valence-electron chi connectivity index (χ0n) is 15.4. The molecule has 1 saturated carbocycles.